The largest absolute Gasteiger partial charge is 0.309 e. The van der Waals surface area contributed by atoms with E-state index in [1.54, 1.807) is 24.3 Å². The maximum atomic E-state index is 11.6. The smallest absolute Gasteiger partial charge is 0.164 e. The summed E-state index contributed by atoms with van der Waals surface area (Å²) in [5.41, 5.74) is 1.26. The van der Waals surface area contributed by atoms with Crippen LogP contribution in [0.3, 0.4) is 0 Å². The Kier molecular flexibility index (Phi) is 6.40. The van der Waals surface area contributed by atoms with Gasteiger partial charge >= 0.3 is 0 Å². The van der Waals surface area contributed by atoms with Gasteiger partial charge in [-0.05, 0) is 26.2 Å². The zero-order valence-corrected chi connectivity index (χ0v) is 10.3. The van der Waals surface area contributed by atoms with Gasteiger partial charge in [0.25, 0.3) is 0 Å². The van der Waals surface area contributed by atoms with Crippen LogP contribution in [-0.2, 0) is 0 Å². The third-order valence-corrected chi connectivity index (χ3v) is 2.12. The normalized spacial score (nSPS) is 9.38. The van der Waals surface area contributed by atoms with Gasteiger partial charge in [0.2, 0.25) is 0 Å². The van der Waals surface area contributed by atoms with Crippen LogP contribution < -0.4 is 0 Å². The molecule has 0 aliphatic heterocycles. The third kappa shape index (κ3) is 4.43. The topological polar surface area (TPSA) is 44.1 Å². The maximum Gasteiger partial charge on any atom is 0.164 e. The number of hydrogen-bond donors (Lipinski definition) is 0. The van der Waals surface area contributed by atoms with Crippen LogP contribution in [0.2, 0.25) is 0 Å². The van der Waals surface area contributed by atoms with E-state index >= 15 is 0 Å². The first-order valence-corrected chi connectivity index (χ1v) is 4.81. The van der Waals surface area contributed by atoms with Crippen LogP contribution in [0.1, 0.15) is 22.3 Å². The van der Waals surface area contributed by atoms with Crippen LogP contribution in [0.4, 0.5) is 0 Å². The van der Waals surface area contributed by atoms with Crippen LogP contribution >= 0.6 is 12.4 Å². The van der Waals surface area contributed by atoms with Crippen molar-refractivity contribution in [3.63, 3.8) is 0 Å². The van der Waals surface area contributed by atoms with Crippen molar-refractivity contribution >= 4 is 18.2 Å². The number of nitriles is 1. The molecule has 0 heterocycles. The molecule has 0 saturated carbocycles. The Bertz CT molecular complexity index is 379. The minimum absolute atomic E-state index is 0. The number of hydrogen-bond acceptors (Lipinski definition) is 3. The fraction of sp³-hybridized carbons (Fsp3) is 0.333. The summed E-state index contributed by atoms with van der Waals surface area (Å²) >= 11 is 0. The van der Waals surface area contributed by atoms with Crippen molar-refractivity contribution in [1.29, 1.82) is 5.26 Å². The Hall–Kier alpha value is -1.37. The van der Waals surface area contributed by atoms with Gasteiger partial charge in [-0.15, -0.1) is 12.4 Å². The van der Waals surface area contributed by atoms with Crippen molar-refractivity contribution in [1.82, 2.24) is 4.90 Å². The van der Waals surface area contributed by atoms with Gasteiger partial charge in [0.1, 0.15) is 0 Å². The van der Waals surface area contributed by atoms with Gasteiger partial charge < -0.3 is 4.90 Å². The molecule has 0 aliphatic carbocycles. The van der Waals surface area contributed by atoms with E-state index in [0.717, 1.165) is 6.54 Å². The summed E-state index contributed by atoms with van der Waals surface area (Å²) in [7, 11) is 3.87. The van der Waals surface area contributed by atoms with Gasteiger partial charge in [-0.1, -0.05) is 12.1 Å². The Morgan fingerprint density at radius 2 is 1.88 bits per heavy atom. The quantitative estimate of drug-likeness (QED) is 0.755. The van der Waals surface area contributed by atoms with Gasteiger partial charge in [0.05, 0.1) is 11.6 Å². The lowest BCUT2D eigenvalue weighted by Gasteiger charge is -2.08. The number of ketones is 1. The highest BCUT2D eigenvalue weighted by Gasteiger charge is 2.05. The minimum Gasteiger partial charge on any atom is -0.309 e. The molecule has 0 atom stereocenters. The average molecular weight is 239 g/mol. The molecule has 0 fully saturated rings. The second-order valence-corrected chi connectivity index (χ2v) is 3.67. The third-order valence-electron chi connectivity index (χ3n) is 2.12. The van der Waals surface area contributed by atoms with Gasteiger partial charge in [0.15, 0.2) is 5.78 Å². The Labute approximate surface area is 102 Å². The number of halogens is 1. The lowest BCUT2D eigenvalue weighted by atomic mass is 10.1. The zero-order valence-electron chi connectivity index (χ0n) is 9.43. The predicted octanol–water partition coefficient (Wildman–Crippen LogP) is 2.11. The van der Waals surface area contributed by atoms with E-state index in [1.165, 1.54) is 0 Å². The summed E-state index contributed by atoms with van der Waals surface area (Å²) in [6.45, 7) is 0.749. The molecule has 0 aliphatic rings. The lowest BCUT2D eigenvalue weighted by molar-refractivity contribution is 0.0972. The highest BCUT2D eigenvalue weighted by molar-refractivity contribution is 5.96. The summed E-state index contributed by atoms with van der Waals surface area (Å²) in [5, 5.41) is 8.60. The van der Waals surface area contributed by atoms with Gasteiger partial charge in [-0.3, -0.25) is 4.79 Å². The first-order chi connectivity index (χ1) is 7.13. The van der Waals surface area contributed by atoms with Crippen molar-refractivity contribution in [2.75, 3.05) is 20.6 Å². The summed E-state index contributed by atoms with van der Waals surface area (Å²) in [6, 6.07) is 8.77. The molecule has 0 radical (unpaired) electrons. The molecule has 0 bridgehead atoms. The zero-order chi connectivity index (χ0) is 11.3. The van der Waals surface area contributed by atoms with E-state index < -0.39 is 0 Å². The highest BCUT2D eigenvalue weighted by Crippen LogP contribution is 2.06. The van der Waals surface area contributed by atoms with Crippen molar-refractivity contribution < 1.29 is 4.79 Å². The van der Waals surface area contributed by atoms with Crippen LogP contribution in [0, 0.1) is 11.3 Å². The number of rotatable bonds is 4. The number of nitrogens with zero attached hydrogens (tertiary/aromatic N) is 2. The molecule has 0 amide bonds. The molecular weight excluding hydrogens is 224 g/mol. The van der Waals surface area contributed by atoms with E-state index in [0.29, 0.717) is 17.5 Å². The first-order valence-electron chi connectivity index (χ1n) is 4.81. The second kappa shape index (κ2) is 7.00. The Morgan fingerprint density at radius 1 is 1.31 bits per heavy atom. The lowest BCUT2D eigenvalue weighted by Crippen LogP contribution is -2.16. The molecule has 0 spiro atoms. The Morgan fingerprint density at radius 3 is 2.31 bits per heavy atom. The molecular formula is C12H15ClN2O. The first kappa shape index (κ1) is 14.6. The summed E-state index contributed by atoms with van der Waals surface area (Å²) in [6.07, 6.45) is 0.513. The number of carbonyl (C=O) groups is 1. The second-order valence-electron chi connectivity index (χ2n) is 3.67. The van der Waals surface area contributed by atoms with Crippen molar-refractivity contribution in [2.45, 2.75) is 6.42 Å². The predicted molar refractivity (Wildman–Crippen MR) is 65.9 cm³/mol. The minimum atomic E-state index is 0. The van der Waals surface area contributed by atoms with Gasteiger partial charge in [-0.25, -0.2) is 0 Å². The number of benzene rings is 1. The summed E-state index contributed by atoms with van der Waals surface area (Å²) in [5.74, 6) is 0.119. The van der Waals surface area contributed by atoms with Crippen molar-refractivity contribution in [3.8, 4) is 6.07 Å². The molecule has 3 nitrogen and oxygen atoms in total. The Balaban J connectivity index is 0.00000225. The van der Waals surface area contributed by atoms with Crippen molar-refractivity contribution in [2.24, 2.45) is 0 Å². The molecule has 16 heavy (non-hydrogen) atoms. The molecule has 0 saturated heterocycles. The van der Waals surface area contributed by atoms with Crippen LogP contribution in [0.5, 0.6) is 0 Å². The SMILES string of the molecule is CN(C)CCC(=O)c1ccc(C#N)cc1.Cl. The molecule has 1 aromatic rings. The molecule has 1 rings (SSSR count). The fourth-order valence-electron chi connectivity index (χ4n) is 1.20. The van der Waals surface area contributed by atoms with Gasteiger partial charge in [-0.2, -0.15) is 5.26 Å². The van der Waals surface area contributed by atoms with Crippen LogP contribution in [0.25, 0.3) is 0 Å². The summed E-state index contributed by atoms with van der Waals surface area (Å²) < 4.78 is 0. The van der Waals surface area contributed by atoms with E-state index in [9.17, 15) is 4.79 Å². The number of carbonyl (C=O) groups excluding carboxylic acids is 1. The molecule has 4 heteroatoms. The molecule has 86 valence electrons. The van der Waals surface area contributed by atoms with Crippen LogP contribution in [0.15, 0.2) is 24.3 Å². The van der Waals surface area contributed by atoms with E-state index in [2.05, 4.69) is 0 Å². The molecule has 0 N–H and O–H groups in total. The number of Topliss-reactive ketones (excluding diaryl/α,β-unsaturated/α-hetero) is 1. The molecule has 0 aromatic heterocycles. The standard InChI is InChI=1S/C12H14N2O.ClH/c1-14(2)8-7-12(15)11-5-3-10(9-13)4-6-11;/h3-6H,7-8H2,1-2H3;1H. The monoisotopic (exact) mass is 238 g/mol. The average Bonchev–Trinajstić information content (AvgIpc) is 2.26. The van der Waals surface area contributed by atoms with E-state index in [-0.39, 0.29) is 18.2 Å². The van der Waals surface area contributed by atoms with E-state index in [1.807, 2.05) is 25.1 Å². The molecule has 0 unspecified atom stereocenters. The fourth-order valence-corrected chi connectivity index (χ4v) is 1.20. The van der Waals surface area contributed by atoms with E-state index in [4.69, 9.17) is 5.26 Å². The van der Waals surface area contributed by atoms with Gasteiger partial charge in [0, 0.05) is 18.5 Å². The highest BCUT2D eigenvalue weighted by atomic mass is 35.5. The maximum absolute atomic E-state index is 11.6. The summed E-state index contributed by atoms with van der Waals surface area (Å²) in [4.78, 5) is 13.6. The molecule has 1 aromatic carbocycles. The van der Waals surface area contributed by atoms with Crippen molar-refractivity contribution in [3.05, 3.63) is 35.4 Å². The van der Waals surface area contributed by atoms with Crippen LogP contribution in [-0.4, -0.2) is 31.3 Å².